The van der Waals surface area contributed by atoms with Gasteiger partial charge in [-0.25, -0.2) is 13.6 Å². The molecule has 214 valence electrons. The summed E-state index contributed by atoms with van der Waals surface area (Å²) in [6.07, 6.45) is 2.39. The monoisotopic (exact) mass is 568 g/mol. The highest BCUT2D eigenvalue weighted by molar-refractivity contribution is 8.31. The molecular formula is C32H38F2N2O3S. The van der Waals surface area contributed by atoms with Crippen molar-refractivity contribution in [3.8, 4) is 0 Å². The fraction of sp³-hybridized carbons (Fsp3) is 0.344. The van der Waals surface area contributed by atoms with E-state index in [0.717, 1.165) is 26.3 Å². The number of alkyl halides is 2. The minimum Gasteiger partial charge on any atom is -0.465 e. The zero-order valence-corrected chi connectivity index (χ0v) is 24.5. The lowest BCUT2D eigenvalue weighted by atomic mass is 10.0. The summed E-state index contributed by atoms with van der Waals surface area (Å²) >= 11 is 0. The van der Waals surface area contributed by atoms with Gasteiger partial charge < -0.3 is 19.2 Å². The van der Waals surface area contributed by atoms with Gasteiger partial charge in [0.2, 0.25) is 0 Å². The Labute approximate surface area is 236 Å². The lowest BCUT2D eigenvalue weighted by Crippen LogP contribution is -2.42. The molecule has 0 aliphatic heterocycles. The Hall–Kier alpha value is -3.20. The number of aromatic nitrogens is 1. The average molecular weight is 569 g/mol. The third-order valence-corrected chi connectivity index (χ3v) is 11.0. The maximum Gasteiger partial charge on any atom is 0.337 e. The normalized spacial score (nSPS) is 13.8. The minimum absolute atomic E-state index is 0.215. The SMILES string of the molecule is COC(=O)c1ccc2c(C[C@@H](C)NCC(F)(F)COS(c3ccccc3)(c3ccccc3)C(C)(C)C)c[nH]c2c1. The van der Waals surface area contributed by atoms with Gasteiger partial charge in [0, 0.05) is 37.7 Å². The van der Waals surface area contributed by atoms with Crippen LogP contribution in [0.2, 0.25) is 0 Å². The molecule has 4 aromatic rings. The van der Waals surface area contributed by atoms with E-state index in [-0.39, 0.29) is 6.04 Å². The lowest BCUT2D eigenvalue weighted by Gasteiger charge is -2.50. The Balaban J connectivity index is 1.47. The fourth-order valence-corrected chi connectivity index (χ4v) is 8.67. The Morgan fingerprint density at radius 1 is 0.975 bits per heavy atom. The van der Waals surface area contributed by atoms with Crippen molar-refractivity contribution in [3.63, 3.8) is 0 Å². The predicted molar refractivity (Wildman–Crippen MR) is 158 cm³/mol. The third kappa shape index (κ3) is 6.40. The Morgan fingerprint density at radius 2 is 1.57 bits per heavy atom. The van der Waals surface area contributed by atoms with Crippen molar-refractivity contribution in [1.29, 1.82) is 0 Å². The van der Waals surface area contributed by atoms with E-state index in [0.29, 0.717) is 12.0 Å². The second-order valence-corrected chi connectivity index (χ2v) is 14.5. The molecule has 3 aromatic carbocycles. The first kappa shape index (κ1) is 29.8. The first-order chi connectivity index (χ1) is 19.0. The van der Waals surface area contributed by atoms with Crippen LogP contribution in [0.25, 0.3) is 10.9 Å². The van der Waals surface area contributed by atoms with Crippen molar-refractivity contribution < 1.29 is 22.5 Å². The standard InChI is InChI=1S/C32H38F2N2O3S/c1-23(18-25-20-35-29-19-24(30(37)38-5)16-17-28(25)29)36-21-32(33,34)22-39-40(31(2,3)4,26-12-8-6-9-13-26)27-14-10-7-11-15-27/h6-17,19-20,23,35-36H,18,21-22H2,1-5H3/t23-/m1/s1. The summed E-state index contributed by atoms with van der Waals surface area (Å²) in [6, 6.07) is 24.5. The molecule has 1 atom stereocenters. The Kier molecular flexibility index (Phi) is 9.02. The summed E-state index contributed by atoms with van der Waals surface area (Å²) < 4.78 is 41.6. The largest absolute Gasteiger partial charge is 0.465 e. The molecule has 0 saturated heterocycles. The molecule has 0 amide bonds. The number of methoxy groups -OCH3 is 1. The van der Waals surface area contributed by atoms with Crippen molar-refractivity contribution in [2.45, 2.75) is 60.6 Å². The molecule has 40 heavy (non-hydrogen) atoms. The van der Waals surface area contributed by atoms with Gasteiger partial charge in [0.15, 0.2) is 0 Å². The van der Waals surface area contributed by atoms with Gasteiger partial charge in [-0.3, -0.25) is 0 Å². The first-order valence-electron chi connectivity index (χ1n) is 13.3. The smallest absolute Gasteiger partial charge is 0.337 e. The van der Waals surface area contributed by atoms with Gasteiger partial charge in [-0.2, -0.15) is 0 Å². The van der Waals surface area contributed by atoms with E-state index in [1.165, 1.54) is 7.11 Å². The molecule has 0 spiro atoms. The number of halogens is 2. The Bertz CT molecular complexity index is 1380. The number of hydrogen-bond donors (Lipinski definition) is 2. The van der Waals surface area contributed by atoms with Crippen LogP contribution >= 0.6 is 10.3 Å². The van der Waals surface area contributed by atoms with E-state index in [2.05, 4.69) is 31.1 Å². The highest BCUT2D eigenvalue weighted by Gasteiger charge is 2.44. The van der Waals surface area contributed by atoms with Gasteiger partial charge in [0.1, 0.15) is 6.61 Å². The third-order valence-electron chi connectivity index (χ3n) is 6.88. The lowest BCUT2D eigenvalue weighted by molar-refractivity contribution is -0.0375. The molecule has 0 unspecified atom stereocenters. The fourth-order valence-electron chi connectivity index (χ4n) is 4.93. The Morgan fingerprint density at radius 3 is 2.12 bits per heavy atom. The van der Waals surface area contributed by atoms with Gasteiger partial charge in [-0.15, -0.1) is 0 Å². The highest BCUT2D eigenvalue weighted by atomic mass is 32.3. The molecule has 0 fully saturated rings. The number of esters is 1. The number of ether oxygens (including phenoxy) is 1. The number of H-pyrrole nitrogens is 1. The predicted octanol–water partition coefficient (Wildman–Crippen LogP) is 7.76. The number of hydrogen-bond acceptors (Lipinski definition) is 4. The number of benzene rings is 3. The van der Waals surface area contributed by atoms with E-state index in [1.54, 1.807) is 12.1 Å². The van der Waals surface area contributed by atoms with Crippen molar-refractivity contribution in [2.24, 2.45) is 0 Å². The van der Waals surface area contributed by atoms with Crippen LogP contribution in [-0.4, -0.2) is 47.9 Å². The van der Waals surface area contributed by atoms with Gasteiger partial charge in [-0.05, 0) is 76.1 Å². The molecule has 1 heterocycles. The van der Waals surface area contributed by atoms with Crippen LogP contribution in [0, 0.1) is 0 Å². The second kappa shape index (κ2) is 12.1. The van der Waals surface area contributed by atoms with Crippen LogP contribution in [0.3, 0.4) is 0 Å². The average Bonchev–Trinajstić information content (AvgIpc) is 3.34. The number of nitrogens with one attached hydrogen (secondary N) is 2. The topological polar surface area (TPSA) is 63.4 Å². The second-order valence-electron chi connectivity index (χ2n) is 11.0. The molecule has 2 N–H and O–H groups in total. The molecular weight excluding hydrogens is 530 g/mol. The van der Waals surface area contributed by atoms with Crippen LogP contribution < -0.4 is 5.32 Å². The van der Waals surface area contributed by atoms with E-state index in [4.69, 9.17) is 8.92 Å². The number of fused-ring (bicyclic) bond motifs is 1. The van der Waals surface area contributed by atoms with Crippen molar-refractivity contribution >= 4 is 27.2 Å². The van der Waals surface area contributed by atoms with Crippen LogP contribution in [0.4, 0.5) is 8.78 Å². The molecule has 0 saturated carbocycles. The summed E-state index contributed by atoms with van der Waals surface area (Å²) in [5.41, 5.74) is 2.23. The summed E-state index contributed by atoms with van der Waals surface area (Å²) in [5.74, 6) is -3.49. The van der Waals surface area contributed by atoms with Crippen molar-refractivity contribution in [1.82, 2.24) is 10.3 Å². The van der Waals surface area contributed by atoms with Gasteiger partial charge in [0.05, 0.1) is 19.2 Å². The van der Waals surface area contributed by atoms with Gasteiger partial charge >= 0.3 is 5.97 Å². The highest BCUT2D eigenvalue weighted by Crippen LogP contribution is 2.71. The van der Waals surface area contributed by atoms with E-state index < -0.39 is 40.1 Å². The number of aromatic amines is 1. The molecule has 4 rings (SSSR count). The van der Waals surface area contributed by atoms with Crippen molar-refractivity contribution in [2.75, 3.05) is 20.3 Å². The molecule has 0 bridgehead atoms. The summed E-state index contributed by atoms with van der Waals surface area (Å²) in [4.78, 5) is 16.8. The van der Waals surface area contributed by atoms with Gasteiger partial charge in [0.25, 0.3) is 5.92 Å². The summed E-state index contributed by atoms with van der Waals surface area (Å²) in [6.45, 7) is 6.83. The maximum atomic E-state index is 15.4. The zero-order chi connectivity index (χ0) is 29.0. The van der Waals surface area contributed by atoms with E-state index >= 15 is 8.78 Å². The van der Waals surface area contributed by atoms with Crippen molar-refractivity contribution in [3.05, 3.63) is 96.2 Å². The van der Waals surface area contributed by atoms with Crippen LogP contribution in [-0.2, 0) is 15.3 Å². The molecule has 0 aliphatic rings. The first-order valence-corrected chi connectivity index (χ1v) is 14.9. The number of carbonyl (C=O) groups excluding carboxylic acids is 1. The number of carbonyl (C=O) groups is 1. The maximum absolute atomic E-state index is 15.4. The van der Waals surface area contributed by atoms with Crippen LogP contribution in [0.15, 0.2) is 94.9 Å². The minimum atomic E-state index is -3.09. The van der Waals surface area contributed by atoms with Gasteiger partial charge in [-0.1, -0.05) is 52.8 Å². The number of rotatable bonds is 11. The summed E-state index contributed by atoms with van der Waals surface area (Å²) in [5, 5.41) is 3.96. The molecule has 8 heteroatoms. The molecule has 0 radical (unpaired) electrons. The van der Waals surface area contributed by atoms with E-state index in [9.17, 15) is 4.79 Å². The van der Waals surface area contributed by atoms with Crippen LogP contribution in [0.1, 0.15) is 43.6 Å². The van der Waals surface area contributed by atoms with Crippen LogP contribution in [0.5, 0.6) is 0 Å². The zero-order valence-electron chi connectivity index (χ0n) is 23.7. The molecule has 5 nitrogen and oxygen atoms in total. The molecule has 1 aromatic heterocycles. The molecule has 0 aliphatic carbocycles. The summed E-state index contributed by atoms with van der Waals surface area (Å²) in [7, 11) is -0.922. The quantitative estimate of drug-likeness (QED) is 0.182. The van der Waals surface area contributed by atoms with E-state index in [1.807, 2.05) is 79.9 Å².